The van der Waals surface area contributed by atoms with Gasteiger partial charge in [-0.25, -0.2) is 4.98 Å². The lowest BCUT2D eigenvalue weighted by atomic mass is 10.0. The summed E-state index contributed by atoms with van der Waals surface area (Å²) >= 11 is 0. The maximum atomic E-state index is 12.6. The van der Waals surface area contributed by atoms with Crippen LogP contribution in [0.5, 0.6) is 0 Å². The molecule has 0 aliphatic heterocycles. The Morgan fingerprint density at radius 2 is 2.04 bits per heavy atom. The standard InChI is InChI=1S/C20H19N3O2/c1-13(2)10-17(20-23-16-8-3-4-9-18(16)25-20)22-19(24)15-7-5-6-14(11-15)12-21/h3-9,11,13,17H,10H2,1-2H3,(H,22,24)/t17-/m1/s1. The van der Waals surface area contributed by atoms with Gasteiger partial charge in [0.25, 0.3) is 5.91 Å². The molecule has 0 fully saturated rings. The van der Waals surface area contributed by atoms with Gasteiger partial charge >= 0.3 is 0 Å². The summed E-state index contributed by atoms with van der Waals surface area (Å²) in [7, 11) is 0. The molecule has 3 aromatic rings. The van der Waals surface area contributed by atoms with Gasteiger partial charge in [-0.1, -0.05) is 32.0 Å². The fourth-order valence-electron chi connectivity index (χ4n) is 2.70. The molecule has 0 bridgehead atoms. The second kappa shape index (κ2) is 7.18. The third-order valence-electron chi connectivity index (χ3n) is 3.87. The average Bonchev–Trinajstić information content (AvgIpc) is 3.05. The second-order valence-electron chi connectivity index (χ2n) is 6.37. The van der Waals surface area contributed by atoms with E-state index in [-0.39, 0.29) is 11.9 Å². The molecule has 1 atom stereocenters. The summed E-state index contributed by atoms with van der Waals surface area (Å²) in [4.78, 5) is 17.1. The highest BCUT2D eigenvalue weighted by atomic mass is 16.3. The molecule has 3 rings (SSSR count). The lowest BCUT2D eigenvalue weighted by molar-refractivity contribution is 0.0925. The molecule has 126 valence electrons. The Labute approximate surface area is 146 Å². The number of nitrogens with zero attached hydrogens (tertiary/aromatic N) is 2. The molecule has 1 amide bonds. The summed E-state index contributed by atoms with van der Waals surface area (Å²) in [5.74, 6) is 0.607. The van der Waals surface area contributed by atoms with Crippen LogP contribution in [0.3, 0.4) is 0 Å². The summed E-state index contributed by atoms with van der Waals surface area (Å²) in [6.45, 7) is 4.16. The predicted octanol–water partition coefficient (Wildman–Crippen LogP) is 4.22. The van der Waals surface area contributed by atoms with E-state index in [0.717, 1.165) is 5.52 Å². The Hall–Kier alpha value is -3.13. The largest absolute Gasteiger partial charge is 0.438 e. The number of para-hydroxylation sites is 2. The van der Waals surface area contributed by atoms with Gasteiger partial charge in [0.15, 0.2) is 5.58 Å². The molecule has 1 aromatic heterocycles. The molecule has 0 aliphatic rings. The molecule has 0 spiro atoms. The van der Waals surface area contributed by atoms with E-state index in [4.69, 9.17) is 9.68 Å². The molecule has 0 aliphatic carbocycles. The van der Waals surface area contributed by atoms with Crippen LogP contribution in [0.4, 0.5) is 0 Å². The van der Waals surface area contributed by atoms with Gasteiger partial charge < -0.3 is 9.73 Å². The van der Waals surface area contributed by atoms with Gasteiger partial charge in [0.2, 0.25) is 5.89 Å². The van der Waals surface area contributed by atoms with Crippen molar-refractivity contribution in [1.29, 1.82) is 5.26 Å². The van der Waals surface area contributed by atoms with Gasteiger partial charge in [-0.05, 0) is 42.7 Å². The van der Waals surface area contributed by atoms with Crippen molar-refractivity contribution in [1.82, 2.24) is 10.3 Å². The summed E-state index contributed by atoms with van der Waals surface area (Å²) < 4.78 is 5.83. The Morgan fingerprint density at radius 3 is 2.76 bits per heavy atom. The van der Waals surface area contributed by atoms with E-state index in [0.29, 0.717) is 34.9 Å². The number of oxazole rings is 1. The lowest BCUT2D eigenvalue weighted by Gasteiger charge is -2.17. The number of nitrogens with one attached hydrogen (secondary N) is 1. The molecule has 1 N–H and O–H groups in total. The topological polar surface area (TPSA) is 78.9 Å². The predicted molar refractivity (Wildman–Crippen MR) is 94.8 cm³/mol. The normalized spacial score (nSPS) is 12.1. The fraction of sp³-hybridized carbons (Fsp3) is 0.250. The maximum absolute atomic E-state index is 12.6. The van der Waals surface area contributed by atoms with Crippen LogP contribution in [0.25, 0.3) is 11.1 Å². The number of rotatable bonds is 5. The van der Waals surface area contributed by atoms with Crippen molar-refractivity contribution in [2.75, 3.05) is 0 Å². The van der Waals surface area contributed by atoms with Crippen molar-refractivity contribution in [3.05, 3.63) is 65.5 Å². The first-order valence-electron chi connectivity index (χ1n) is 8.23. The van der Waals surface area contributed by atoms with Crippen LogP contribution in [0, 0.1) is 17.2 Å². The van der Waals surface area contributed by atoms with Crippen molar-refractivity contribution in [2.24, 2.45) is 5.92 Å². The monoisotopic (exact) mass is 333 g/mol. The zero-order valence-corrected chi connectivity index (χ0v) is 14.2. The third-order valence-corrected chi connectivity index (χ3v) is 3.87. The molecule has 25 heavy (non-hydrogen) atoms. The van der Waals surface area contributed by atoms with E-state index >= 15 is 0 Å². The Bertz CT molecular complexity index is 904. The number of carbonyl (C=O) groups excluding carboxylic acids is 1. The number of hydrogen-bond donors (Lipinski definition) is 1. The van der Waals surface area contributed by atoms with Crippen LogP contribution in [-0.2, 0) is 0 Å². The summed E-state index contributed by atoms with van der Waals surface area (Å²) in [5.41, 5.74) is 2.37. The highest BCUT2D eigenvalue weighted by Crippen LogP contribution is 2.25. The van der Waals surface area contributed by atoms with Crippen LogP contribution in [0.15, 0.2) is 52.9 Å². The van der Waals surface area contributed by atoms with E-state index in [9.17, 15) is 4.79 Å². The minimum absolute atomic E-state index is 0.245. The zero-order valence-electron chi connectivity index (χ0n) is 14.2. The van der Waals surface area contributed by atoms with Crippen LogP contribution < -0.4 is 5.32 Å². The van der Waals surface area contributed by atoms with E-state index in [1.54, 1.807) is 24.3 Å². The molecule has 5 heteroatoms. The molecule has 1 heterocycles. The Kier molecular flexibility index (Phi) is 4.80. The second-order valence-corrected chi connectivity index (χ2v) is 6.37. The minimum Gasteiger partial charge on any atom is -0.438 e. The highest BCUT2D eigenvalue weighted by Gasteiger charge is 2.22. The van der Waals surface area contributed by atoms with Gasteiger partial charge in [0.05, 0.1) is 11.6 Å². The van der Waals surface area contributed by atoms with Crippen molar-refractivity contribution in [3.63, 3.8) is 0 Å². The molecule has 0 radical (unpaired) electrons. The van der Waals surface area contributed by atoms with Gasteiger partial charge in [0.1, 0.15) is 11.6 Å². The zero-order chi connectivity index (χ0) is 17.8. The van der Waals surface area contributed by atoms with Gasteiger partial charge in [0, 0.05) is 5.56 Å². The number of nitriles is 1. The fourth-order valence-corrected chi connectivity index (χ4v) is 2.70. The van der Waals surface area contributed by atoms with Crippen molar-refractivity contribution in [2.45, 2.75) is 26.3 Å². The van der Waals surface area contributed by atoms with Gasteiger partial charge in [-0.15, -0.1) is 0 Å². The van der Waals surface area contributed by atoms with Crippen molar-refractivity contribution >= 4 is 17.0 Å². The first kappa shape index (κ1) is 16.7. The van der Waals surface area contributed by atoms with E-state index in [1.165, 1.54) is 0 Å². The van der Waals surface area contributed by atoms with E-state index in [2.05, 4.69) is 24.1 Å². The highest BCUT2D eigenvalue weighted by molar-refractivity contribution is 5.94. The maximum Gasteiger partial charge on any atom is 0.251 e. The van der Waals surface area contributed by atoms with Gasteiger partial charge in [-0.2, -0.15) is 5.26 Å². The molecule has 2 aromatic carbocycles. The molecule has 0 unspecified atom stereocenters. The van der Waals surface area contributed by atoms with Crippen molar-refractivity contribution in [3.8, 4) is 6.07 Å². The summed E-state index contributed by atoms with van der Waals surface area (Å²) in [6, 6.07) is 15.9. The smallest absolute Gasteiger partial charge is 0.251 e. The Balaban J connectivity index is 1.87. The first-order chi connectivity index (χ1) is 12.1. The van der Waals surface area contributed by atoms with Crippen LogP contribution in [0.1, 0.15) is 48.1 Å². The number of benzene rings is 2. The quantitative estimate of drug-likeness (QED) is 0.758. The number of carbonyl (C=O) groups is 1. The third kappa shape index (κ3) is 3.86. The number of fused-ring (bicyclic) bond motifs is 1. The van der Waals surface area contributed by atoms with E-state index < -0.39 is 0 Å². The van der Waals surface area contributed by atoms with Gasteiger partial charge in [-0.3, -0.25) is 4.79 Å². The Morgan fingerprint density at radius 1 is 1.24 bits per heavy atom. The minimum atomic E-state index is -0.328. The van der Waals surface area contributed by atoms with Crippen LogP contribution >= 0.6 is 0 Å². The molecule has 5 nitrogen and oxygen atoms in total. The first-order valence-corrected chi connectivity index (χ1v) is 8.23. The SMILES string of the molecule is CC(C)C[C@@H](NC(=O)c1cccc(C#N)c1)c1nc2ccccc2o1. The lowest BCUT2D eigenvalue weighted by Crippen LogP contribution is -2.29. The molecule has 0 saturated heterocycles. The van der Waals surface area contributed by atoms with Crippen LogP contribution in [-0.4, -0.2) is 10.9 Å². The summed E-state index contributed by atoms with van der Waals surface area (Å²) in [5, 5.41) is 12.0. The molecular weight excluding hydrogens is 314 g/mol. The molecule has 0 saturated carbocycles. The average molecular weight is 333 g/mol. The summed E-state index contributed by atoms with van der Waals surface area (Å²) in [6.07, 6.45) is 0.705. The van der Waals surface area contributed by atoms with Crippen LogP contribution in [0.2, 0.25) is 0 Å². The number of amides is 1. The van der Waals surface area contributed by atoms with E-state index in [1.807, 2.05) is 30.3 Å². The van der Waals surface area contributed by atoms with Crippen molar-refractivity contribution < 1.29 is 9.21 Å². The molecular formula is C20H19N3O2. The number of hydrogen-bond acceptors (Lipinski definition) is 4. The number of aromatic nitrogens is 1.